The van der Waals surface area contributed by atoms with Crippen molar-refractivity contribution in [2.24, 2.45) is 5.92 Å². The molecule has 10 nitrogen and oxygen atoms in total. The van der Waals surface area contributed by atoms with Crippen molar-refractivity contribution in [1.29, 1.82) is 0 Å². The van der Waals surface area contributed by atoms with E-state index >= 15 is 0 Å². The van der Waals surface area contributed by atoms with E-state index in [2.05, 4.69) is 16.0 Å². The van der Waals surface area contributed by atoms with Crippen LogP contribution in [0.25, 0.3) is 0 Å². The fourth-order valence-electron chi connectivity index (χ4n) is 5.10. The summed E-state index contributed by atoms with van der Waals surface area (Å²) in [6.45, 7) is 2.58. The highest BCUT2D eigenvalue weighted by Gasteiger charge is 2.41. The minimum atomic E-state index is -0.578. The smallest absolute Gasteiger partial charge is 0.223 e. The van der Waals surface area contributed by atoms with Crippen LogP contribution in [0.1, 0.15) is 62.2 Å². The van der Waals surface area contributed by atoms with Gasteiger partial charge in [-0.2, -0.15) is 0 Å². The maximum atomic E-state index is 13.3. The van der Waals surface area contributed by atoms with Gasteiger partial charge in [-0.05, 0) is 51.3 Å². The van der Waals surface area contributed by atoms with Crippen molar-refractivity contribution in [2.75, 3.05) is 33.3 Å². The first-order chi connectivity index (χ1) is 17.9. The molecule has 10 heteroatoms. The number of benzene rings is 2. The Bertz CT molecular complexity index is 1240. The number of phenolic OH excluding ortho intramolecular Hbond substituents is 2. The van der Waals surface area contributed by atoms with Gasteiger partial charge in [-0.3, -0.25) is 19.2 Å². The van der Waals surface area contributed by atoms with Crippen LogP contribution in [0.3, 0.4) is 0 Å². The Labute approximate surface area is 214 Å². The standard InChI is InChI=1S/C27H31N3O7/c1-37-19-6-2-5-17-20(19)26(35)22-21(24(17)33)25(34)18-13-15(7-8-16(18)23(22)32)27(36)30-12-4-10-28-9-3-11-29-14-31/h2,5-6,14-15,28,32,34H,3-4,7-13H2,1H3,(H,29,31)(H,30,36). The molecule has 37 heavy (non-hydrogen) atoms. The number of rotatable bonds is 11. The fraction of sp³-hybridized carbons (Fsp3) is 0.407. The largest absolute Gasteiger partial charge is 0.507 e. The number of ether oxygens (including phenoxy) is 1. The zero-order chi connectivity index (χ0) is 26.5. The van der Waals surface area contributed by atoms with Crippen molar-refractivity contribution in [2.45, 2.75) is 32.1 Å². The molecule has 0 saturated heterocycles. The zero-order valence-corrected chi connectivity index (χ0v) is 20.7. The molecular weight excluding hydrogens is 478 g/mol. The van der Waals surface area contributed by atoms with Gasteiger partial charge in [0.1, 0.15) is 17.2 Å². The minimum absolute atomic E-state index is 0.0670. The van der Waals surface area contributed by atoms with Crippen molar-refractivity contribution in [3.05, 3.63) is 51.6 Å². The van der Waals surface area contributed by atoms with Crippen LogP contribution in [0.15, 0.2) is 18.2 Å². The third-order valence-corrected chi connectivity index (χ3v) is 6.98. The summed E-state index contributed by atoms with van der Waals surface area (Å²) in [6.07, 6.45) is 3.10. The van der Waals surface area contributed by atoms with Gasteiger partial charge in [0.2, 0.25) is 18.1 Å². The molecule has 2 aromatic carbocycles. The van der Waals surface area contributed by atoms with E-state index in [4.69, 9.17) is 4.74 Å². The topological polar surface area (TPSA) is 154 Å². The second-order valence-corrected chi connectivity index (χ2v) is 9.21. The Hall–Kier alpha value is -3.92. The van der Waals surface area contributed by atoms with Crippen LogP contribution in [0.2, 0.25) is 0 Å². The van der Waals surface area contributed by atoms with Crippen LogP contribution in [0, 0.1) is 5.92 Å². The van der Waals surface area contributed by atoms with Crippen LogP contribution in [0.4, 0.5) is 0 Å². The highest BCUT2D eigenvalue weighted by atomic mass is 16.5. The highest BCUT2D eigenvalue weighted by molar-refractivity contribution is 6.31. The Balaban J connectivity index is 1.45. The van der Waals surface area contributed by atoms with Gasteiger partial charge in [-0.1, -0.05) is 12.1 Å². The summed E-state index contributed by atoms with van der Waals surface area (Å²) in [5.74, 6) is -2.17. The molecule has 1 atom stereocenters. The second kappa shape index (κ2) is 11.4. The molecule has 5 N–H and O–H groups in total. The molecular formula is C27H31N3O7. The Morgan fingerprint density at radius 2 is 1.70 bits per heavy atom. The fourth-order valence-corrected chi connectivity index (χ4v) is 5.10. The summed E-state index contributed by atoms with van der Waals surface area (Å²) >= 11 is 0. The quantitative estimate of drug-likeness (QED) is 0.147. The summed E-state index contributed by atoms with van der Waals surface area (Å²) in [6, 6.07) is 4.64. The zero-order valence-electron chi connectivity index (χ0n) is 20.7. The predicted octanol–water partition coefficient (Wildman–Crippen LogP) is 1.22. The number of ketones is 2. The lowest BCUT2D eigenvalue weighted by Gasteiger charge is -2.29. The van der Waals surface area contributed by atoms with Crippen LogP contribution >= 0.6 is 0 Å². The molecule has 0 bridgehead atoms. The molecule has 2 aromatic rings. The minimum Gasteiger partial charge on any atom is -0.507 e. The van der Waals surface area contributed by atoms with Crippen molar-refractivity contribution >= 4 is 23.9 Å². The summed E-state index contributed by atoms with van der Waals surface area (Å²) < 4.78 is 5.26. The molecule has 2 aliphatic carbocycles. The van der Waals surface area contributed by atoms with Crippen molar-refractivity contribution in [3.63, 3.8) is 0 Å². The number of nitrogens with one attached hydrogen (secondary N) is 3. The number of hydrogen-bond acceptors (Lipinski definition) is 8. The molecule has 0 saturated carbocycles. The average Bonchev–Trinajstić information content (AvgIpc) is 2.91. The number of carbonyl (C=O) groups is 4. The maximum Gasteiger partial charge on any atom is 0.223 e. The van der Waals surface area contributed by atoms with Gasteiger partial charge in [0.25, 0.3) is 0 Å². The summed E-state index contributed by atoms with van der Waals surface area (Å²) in [5.41, 5.74) is 0.462. The predicted molar refractivity (Wildman–Crippen MR) is 134 cm³/mol. The second-order valence-electron chi connectivity index (χ2n) is 9.21. The summed E-state index contributed by atoms with van der Waals surface area (Å²) in [5, 5.41) is 30.9. The van der Waals surface area contributed by atoms with Gasteiger partial charge in [-0.25, -0.2) is 0 Å². The first-order valence-electron chi connectivity index (χ1n) is 12.4. The van der Waals surface area contributed by atoms with E-state index in [0.717, 1.165) is 25.9 Å². The SMILES string of the molecule is COc1cccc2c1C(=O)c1c(O)c3c(c(O)c1C2=O)CC(C(=O)NCCCNCCCNC=O)CC3. The summed E-state index contributed by atoms with van der Waals surface area (Å²) in [4.78, 5) is 49.6. The van der Waals surface area contributed by atoms with Gasteiger partial charge in [0.15, 0.2) is 5.78 Å². The Kier molecular flexibility index (Phi) is 8.08. The number of carbonyl (C=O) groups excluding carboxylic acids is 4. The van der Waals surface area contributed by atoms with Crippen LogP contribution in [-0.2, 0) is 22.4 Å². The lowest BCUT2D eigenvalue weighted by Crippen LogP contribution is -2.36. The number of phenols is 2. The van der Waals surface area contributed by atoms with E-state index < -0.39 is 17.5 Å². The van der Waals surface area contributed by atoms with Gasteiger partial charge in [0.05, 0.1) is 23.8 Å². The van der Waals surface area contributed by atoms with Gasteiger partial charge < -0.3 is 30.9 Å². The monoisotopic (exact) mass is 509 g/mol. The molecule has 1 unspecified atom stereocenters. The Morgan fingerprint density at radius 3 is 2.43 bits per heavy atom. The van der Waals surface area contributed by atoms with Gasteiger partial charge >= 0.3 is 0 Å². The van der Waals surface area contributed by atoms with Crippen LogP contribution < -0.4 is 20.7 Å². The lowest BCUT2D eigenvalue weighted by molar-refractivity contribution is -0.125. The molecule has 4 rings (SSSR count). The normalized spacial score (nSPS) is 15.9. The summed E-state index contributed by atoms with van der Waals surface area (Å²) in [7, 11) is 1.39. The number of amides is 2. The lowest BCUT2D eigenvalue weighted by atomic mass is 9.75. The van der Waals surface area contributed by atoms with E-state index in [1.807, 2.05) is 0 Å². The average molecular weight is 510 g/mol. The molecule has 2 amide bonds. The molecule has 0 aliphatic heterocycles. The first kappa shape index (κ1) is 26.2. The molecule has 0 heterocycles. The molecule has 2 aliphatic rings. The number of hydrogen-bond donors (Lipinski definition) is 5. The maximum absolute atomic E-state index is 13.3. The first-order valence-corrected chi connectivity index (χ1v) is 12.4. The number of methoxy groups -OCH3 is 1. The third kappa shape index (κ3) is 5.01. The van der Waals surface area contributed by atoms with Gasteiger partial charge in [-0.15, -0.1) is 0 Å². The third-order valence-electron chi connectivity index (χ3n) is 6.98. The number of fused-ring (bicyclic) bond motifs is 3. The molecule has 0 fully saturated rings. The molecule has 0 radical (unpaired) electrons. The molecule has 196 valence electrons. The highest BCUT2D eigenvalue weighted by Crippen LogP contribution is 2.47. The van der Waals surface area contributed by atoms with E-state index in [-0.39, 0.29) is 58.3 Å². The Morgan fingerprint density at radius 1 is 1.00 bits per heavy atom. The van der Waals surface area contributed by atoms with Crippen molar-refractivity contribution in [3.8, 4) is 17.2 Å². The number of aromatic hydroxyl groups is 2. The van der Waals surface area contributed by atoms with E-state index in [1.165, 1.54) is 13.2 Å². The van der Waals surface area contributed by atoms with Crippen LogP contribution in [-0.4, -0.2) is 67.4 Å². The van der Waals surface area contributed by atoms with E-state index in [1.54, 1.807) is 12.1 Å². The van der Waals surface area contributed by atoms with Crippen molar-refractivity contribution in [1.82, 2.24) is 16.0 Å². The van der Waals surface area contributed by atoms with E-state index in [0.29, 0.717) is 37.0 Å². The van der Waals surface area contributed by atoms with Crippen molar-refractivity contribution < 1.29 is 34.1 Å². The molecule has 0 spiro atoms. The van der Waals surface area contributed by atoms with E-state index in [9.17, 15) is 29.4 Å². The van der Waals surface area contributed by atoms with Gasteiger partial charge in [0, 0.05) is 35.7 Å². The van der Waals surface area contributed by atoms with Crippen LogP contribution in [0.5, 0.6) is 17.2 Å². The molecule has 0 aromatic heterocycles.